The van der Waals surface area contributed by atoms with Crippen LogP contribution in [0.2, 0.25) is 0 Å². The zero-order chi connectivity index (χ0) is 12.5. The van der Waals surface area contributed by atoms with Crippen LogP contribution < -0.4 is 5.73 Å². The van der Waals surface area contributed by atoms with Crippen LogP contribution in [0.4, 0.5) is 5.82 Å². The van der Waals surface area contributed by atoms with Crippen molar-refractivity contribution >= 4 is 16.7 Å². The summed E-state index contributed by atoms with van der Waals surface area (Å²) in [5, 5.41) is 5.38. The number of benzene rings is 1. The van der Waals surface area contributed by atoms with Gasteiger partial charge in [-0.25, -0.2) is 0 Å². The lowest BCUT2D eigenvalue weighted by atomic mass is 10.1. The van der Waals surface area contributed by atoms with E-state index >= 15 is 0 Å². The molecule has 2 N–H and O–H groups in total. The largest absolute Gasteiger partial charge is 0.382 e. The number of aromatic nitrogens is 2. The number of nitrogen functional groups attached to an aromatic ring is 1. The van der Waals surface area contributed by atoms with Crippen molar-refractivity contribution in [2.24, 2.45) is 0 Å². The molecule has 17 heavy (non-hydrogen) atoms. The molecule has 2 aromatic rings. The van der Waals surface area contributed by atoms with Gasteiger partial charge in [0.2, 0.25) is 0 Å². The number of nitrogens with zero attached hydrogens (tertiary/aromatic N) is 2. The molecule has 2 rings (SSSR count). The fourth-order valence-electron chi connectivity index (χ4n) is 1.80. The van der Waals surface area contributed by atoms with Gasteiger partial charge in [-0.15, -0.1) is 0 Å². The summed E-state index contributed by atoms with van der Waals surface area (Å²) in [6.45, 7) is 4.95. The maximum absolute atomic E-state index is 5.89. The van der Waals surface area contributed by atoms with Crippen molar-refractivity contribution in [2.75, 3.05) is 12.8 Å². The first kappa shape index (κ1) is 11.9. The smallest absolute Gasteiger partial charge is 0.153 e. The van der Waals surface area contributed by atoms with Gasteiger partial charge in [0.1, 0.15) is 0 Å². The highest BCUT2D eigenvalue weighted by atomic mass is 16.5. The van der Waals surface area contributed by atoms with Gasteiger partial charge < -0.3 is 10.5 Å². The van der Waals surface area contributed by atoms with Gasteiger partial charge in [-0.2, -0.15) is 5.10 Å². The van der Waals surface area contributed by atoms with Gasteiger partial charge in [0.05, 0.1) is 11.1 Å². The second-order valence-electron chi connectivity index (χ2n) is 4.84. The van der Waals surface area contributed by atoms with Crippen LogP contribution in [-0.2, 0) is 11.3 Å². The molecular weight excluding hydrogens is 214 g/mol. The SMILES string of the molecule is COC(C)(C)CCn1nc(N)c2ccccc21. The molecule has 0 saturated carbocycles. The van der Waals surface area contributed by atoms with Crippen molar-refractivity contribution < 1.29 is 4.74 Å². The van der Waals surface area contributed by atoms with E-state index < -0.39 is 0 Å². The van der Waals surface area contributed by atoms with Gasteiger partial charge in [-0.05, 0) is 32.4 Å². The number of para-hydroxylation sites is 1. The maximum Gasteiger partial charge on any atom is 0.153 e. The first-order valence-corrected chi connectivity index (χ1v) is 5.80. The minimum Gasteiger partial charge on any atom is -0.382 e. The van der Waals surface area contributed by atoms with Crippen LogP contribution in [0, 0.1) is 0 Å². The van der Waals surface area contributed by atoms with Crippen LogP contribution in [0.5, 0.6) is 0 Å². The van der Waals surface area contributed by atoms with Gasteiger partial charge in [0.15, 0.2) is 5.82 Å². The summed E-state index contributed by atoms with van der Waals surface area (Å²) in [4.78, 5) is 0. The Labute approximate surface area is 101 Å². The highest BCUT2D eigenvalue weighted by molar-refractivity contribution is 5.88. The van der Waals surface area contributed by atoms with E-state index in [1.165, 1.54) is 0 Å². The number of ether oxygens (including phenoxy) is 1. The molecule has 0 aliphatic rings. The third kappa shape index (κ3) is 2.42. The standard InChI is InChI=1S/C13H19N3O/c1-13(2,17-3)8-9-16-11-7-5-4-6-10(11)12(14)15-16/h4-7H,8-9H2,1-3H3,(H2,14,15). The predicted octanol–water partition coefficient (Wildman–Crippen LogP) is 2.43. The van der Waals surface area contributed by atoms with E-state index in [1.54, 1.807) is 7.11 Å². The van der Waals surface area contributed by atoms with Crippen LogP contribution >= 0.6 is 0 Å². The Balaban J connectivity index is 2.25. The Morgan fingerprint density at radius 2 is 2.06 bits per heavy atom. The quantitative estimate of drug-likeness (QED) is 0.882. The number of fused-ring (bicyclic) bond motifs is 1. The molecule has 4 heteroatoms. The van der Waals surface area contributed by atoms with Gasteiger partial charge in [-0.1, -0.05) is 12.1 Å². The van der Waals surface area contributed by atoms with E-state index in [9.17, 15) is 0 Å². The average Bonchev–Trinajstić information content (AvgIpc) is 2.65. The molecule has 0 amide bonds. The second-order valence-corrected chi connectivity index (χ2v) is 4.84. The Morgan fingerprint density at radius 3 is 2.76 bits per heavy atom. The fourth-order valence-corrected chi connectivity index (χ4v) is 1.80. The number of hydrogen-bond acceptors (Lipinski definition) is 3. The lowest BCUT2D eigenvalue weighted by molar-refractivity contribution is 0.0116. The molecule has 0 aliphatic heterocycles. The first-order valence-electron chi connectivity index (χ1n) is 5.80. The van der Waals surface area contributed by atoms with Crippen molar-refractivity contribution in [1.82, 2.24) is 9.78 Å². The van der Waals surface area contributed by atoms with E-state index in [2.05, 4.69) is 18.9 Å². The molecule has 0 spiro atoms. The van der Waals surface area contributed by atoms with Crippen LogP contribution in [-0.4, -0.2) is 22.5 Å². The minimum absolute atomic E-state index is 0.137. The topological polar surface area (TPSA) is 53.1 Å². The van der Waals surface area contributed by atoms with Gasteiger partial charge in [-0.3, -0.25) is 4.68 Å². The van der Waals surface area contributed by atoms with E-state index in [0.29, 0.717) is 5.82 Å². The zero-order valence-corrected chi connectivity index (χ0v) is 10.6. The molecule has 0 aliphatic carbocycles. The van der Waals surface area contributed by atoms with Crippen LogP contribution in [0.25, 0.3) is 10.9 Å². The molecule has 92 valence electrons. The molecule has 1 aromatic heterocycles. The number of anilines is 1. The number of rotatable bonds is 4. The Kier molecular flexibility index (Phi) is 3.07. The molecule has 4 nitrogen and oxygen atoms in total. The minimum atomic E-state index is -0.137. The Morgan fingerprint density at radius 1 is 1.35 bits per heavy atom. The summed E-state index contributed by atoms with van der Waals surface area (Å²) in [6.07, 6.45) is 0.897. The van der Waals surface area contributed by atoms with Crippen molar-refractivity contribution in [2.45, 2.75) is 32.4 Å². The summed E-state index contributed by atoms with van der Waals surface area (Å²) in [6, 6.07) is 8.01. The normalized spacial score (nSPS) is 12.2. The van der Waals surface area contributed by atoms with Gasteiger partial charge >= 0.3 is 0 Å². The van der Waals surface area contributed by atoms with Crippen molar-refractivity contribution in [1.29, 1.82) is 0 Å². The van der Waals surface area contributed by atoms with E-state index in [1.807, 2.05) is 28.9 Å². The third-order valence-corrected chi connectivity index (χ3v) is 3.16. The molecule has 0 fully saturated rings. The van der Waals surface area contributed by atoms with Crippen molar-refractivity contribution in [3.05, 3.63) is 24.3 Å². The third-order valence-electron chi connectivity index (χ3n) is 3.16. The predicted molar refractivity (Wildman–Crippen MR) is 69.9 cm³/mol. The highest BCUT2D eigenvalue weighted by Gasteiger charge is 2.17. The summed E-state index contributed by atoms with van der Waals surface area (Å²) in [5.74, 6) is 0.593. The Bertz CT molecular complexity index is 516. The van der Waals surface area contributed by atoms with Gasteiger partial charge in [0, 0.05) is 19.0 Å². The maximum atomic E-state index is 5.89. The molecule has 0 saturated heterocycles. The van der Waals surface area contributed by atoms with Crippen molar-refractivity contribution in [3.63, 3.8) is 0 Å². The van der Waals surface area contributed by atoms with E-state index in [0.717, 1.165) is 23.9 Å². The number of aryl methyl sites for hydroxylation is 1. The van der Waals surface area contributed by atoms with Crippen LogP contribution in [0.15, 0.2) is 24.3 Å². The molecule has 1 aromatic carbocycles. The highest BCUT2D eigenvalue weighted by Crippen LogP contribution is 2.22. The monoisotopic (exact) mass is 233 g/mol. The van der Waals surface area contributed by atoms with Crippen molar-refractivity contribution in [3.8, 4) is 0 Å². The second kappa shape index (κ2) is 4.37. The molecule has 0 radical (unpaired) electrons. The molecule has 0 atom stereocenters. The van der Waals surface area contributed by atoms with Gasteiger partial charge in [0.25, 0.3) is 0 Å². The van der Waals surface area contributed by atoms with E-state index in [4.69, 9.17) is 10.5 Å². The molecule has 1 heterocycles. The lowest BCUT2D eigenvalue weighted by Crippen LogP contribution is -2.24. The fraction of sp³-hybridized carbons (Fsp3) is 0.462. The summed E-state index contributed by atoms with van der Waals surface area (Å²) >= 11 is 0. The van der Waals surface area contributed by atoms with Crippen LogP contribution in [0.1, 0.15) is 20.3 Å². The molecule has 0 bridgehead atoms. The molecular formula is C13H19N3O. The summed E-state index contributed by atoms with van der Waals surface area (Å²) in [7, 11) is 1.73. The average molecular weight is 233 g/mol. The molecule has 0 unspecified atom stereocenters. The number of methoxy groups -OCH3 is 1. The number of hydrogen-bond donors (Lipinski definition) is 1. The lowest BCUT2D eigenvalue weighted by Gasteiger charge is -2.22. The van der Waals surface area contributed by atoms with E-state index in [-0.39, 0.29) is 5.60 Å². The first-order chi connectivity index (χ1) is 8.03. The summed E-state index contributed by atoms with van der Waals surface area (Å²) < 4.78 is 7.36. The zero-order valence-electron chi connectivity index (χ0n) is 10.6. The summed E-state index contributed by atoms with van der Waals surface area (Å²) in [5.41, 5.74) is 6.83. The van der Waals surface area contributed by atoms with Crippen LogP contribution in [0.3, 0.4) is 0 Å². The Hall–Kier alpha value is -1.55. The number of nitrogens with two attached hydrogens (primary N) is 1.